The largest absolute Gasteiger partial charge is 0.483 e. The predicted molar refractivity (Wildman–Crippen MR) is 64.5 cm³/mol. The van der Waals surface area contributed by atoms with E-state index in [0.717, 1.165) is 17.7 Å². The van der Waals surface area contributed by atoms with Crippen LogP contribution in [0.2, 0.25) is 0 Å². The molecule has 0 atom stereocenters. The summed E-state index contributed by atoms with van der Waals surface area (Å²) in [5.41, 5.74) is 1.11. The minimum absolute atomic E-state index is 0.0465. The van der Waals surface area contributed by atoms with Crippen molar-refractivity contribution < 1.29 is 9.53 Å². The van der Waals surface area contributed by atoms with Crippen LogP contribution in [-0.2, 0) is 11.2 Å². The molecule has 0 fully saturated rings. The summed E-state index contributed by atoms with van der Waals surface area (Å²) in [5, 5.41) is 2.66. The molecule has 0 heterocycles. The molecular formula is C13H17NO2. The third-order valence-corrected chi connectivity index (χ3v) is 2.16. The van der Waals surface area contributed by atoms with Gasteiger partial charge >= 0.3 is 0 Å². The molecule has 0 aliphatic rings. The van der Waals surface area contributed by atoms with E-state index >= 15 is 0 Å². The summed E-state index contributed by atoms with van der Waals surface area (Å²) in [6.07, 6.45) is 2.53. The lowest BCUT2D eigenvalue weighted by Crippen LogP contribution is -2.28. The van der Waals surface area contributed by atoms with Crippen molar-refractivity contribution in [2.24, 2.45) is 0 Å². The standard InChI is InChI=1S/C13H17NO2/c1-3-9-14-13(15)10-16-12-8-6-5-7-11(12)4-2/h3,5-8H,1,4,9-10H2,2H3,(H,14,15). The lowest BCUT2D eigenvalue weighted by atomic mass is 10.1. The number of ether oxygens (including phenoxy) is 1. The van der Waals surface area contributed by atoms with E-state index in [4.69, 9.17) is 4.74 Å². The van der Waals surface area contributed by atoms with Gasteiger partial charge in [-0.15, -0.1) is 6.58 Å². The Morgan fingerprint density at radius 1 is 1.50 bits per heavy atom. The molecule has 3 nitrogen and oxygen atoms in total. The molecule has 0 radical (unpaired) electrons. The Labute approximate surface area is 96.1 Å². The summed E-state index contributed by atoms with van der Waals surface area (Å²) in [5.74, 6) is 0.643. The molecule has 1 rings (SSSR count). The molecule has 0 aliphatic carbocycles. The summed E-state index contributed by atoms with van der Waals surface area (Å²) < 4.78 is 5.44. The number of amides is 1. The van der Waals surface area contributed by atoms with E-state index in [1.54, 1.807) is 6.08 Å². The van der Waals surface area contributed by atoms with Gasteiger partial charge in [-0.05, 0) is 18.1 Å². The third kappa shape index (κ3) is 3.77. The van der Waals surface area contributed by atoms with Crippen molar-refractivity contribution in [3.63, 3.8) is 0 Å². The number of hydrogen-bond acceptors (Lipinski definition) is 2. The monoisotopic (exact) mass is 219 g/mol. The van der Waals surface area contributed by atoms with Crippen molar-refractivity contribution in [1.29, 1.82) is 0 Å². The lowest BCUT2D eigenvalue weighted by Gasteiger charge is -2.09. The Balaban J connectivity index is 2.47. The minimum Gasteiger partial charge on any atom is -0.483 e. The Kier molecular flexibility index (Phi) is 5.12. The van der Waals surface area contributed by atoms with Gasteiger partial charge in [-0.25, -0.2) is 0 Å². The highest BCUT2D eigenvalue weighted by Gasteiger charge is 2.04. The summed E-state index contributed by atoms with van der Waals surface area (Å²) in [4.78, 5) is 11.3. The van der Waals surface area contributed by atoms with Crippen LogP contribution >= 0.6 is 0 Å². The highest BCUT2D eigenvalue weighted by Crippen LogP contribution is 2.17. The first-order valence-electron chi connectivity index (χ1n) is 5.36. The molecule has 1 N–H and O–H groups in total. The molecule has 0 aromatic heterocycles. The van der Waals surface area contributed by atoms with E-state index in [2.05, 4.69) is 18.8 Å². The molecule has 86 valence electrons. The van der Waals surface area contributed by atoms with Crippen LogP contribution in [0, 0.1) is 0 Å². The number of aryl methyl sites for hydroxylation is 1. The second-order valence-electron chi connectivity index (χ2n) is 3.34. The number of nitrogens with one attached hydrogen (secondary N) is 1. The third-order valence-electron chi connectivity index (χ3n) is 2.16. The average Bonchev–Trinajstić information content (AvgIpc) is 2.34. The van der Waals surface area contributed by atoms with Gasteiger partial charge in [-0.3, -0.25) is 4.79 Å². The summed E-state index contributed by atoms with van der Waals surface area (Å²) >= 11 is 0. The maximum atomic E-state index is 11.3. The van der Waals surface area contributed by atoms with Gasteiger partial charge < -0.3 is 10.1 Å². The van der Waals surface area contributed by atoms with Gasteiger partial charge in [0.05, 0.1) is 0 Å². The summed E-state index contributed by atoms with van der Waals surface area (Å²) in [6, 6.07) is 7.73. The van der Waals surface area contributed by atoms with E-state index in [-0.39, 0.29) is 12.5 Å². The molecule has 1 amide bonds. The van der Waals surface area contributed by atoms with Crippen LogP contribution in [0.1, 0.15) is 12.5 Å². The van der Waals surface area contributed by atoms with Gasteiger partial charge in [0.15, 0.2) is 6.61 Å². The molecule has 0 aliphatic heterocycles. The average molecular weight is 219 g/mol. The fourth-order valence-corrected chi connectivity index (χ4v) is 1.32. The highest BCUT2D eigenvalue weighted by atomic mass is 16.5. The van der Waals surface area contributed by atoms with Crippen LogP contribution in [0.15, 0.2) is 36.9 Å². The van der Waals surface area contributed by atoms with E-state index in [1.165, 1.54) is 0 Å². The predicted octanol–water partition coefficient (Wildman–Crippen LogP) is 1.93. The molecule has 0 saturated heterocycles. The highest BCUT2D eigenvalue weighted by molar-refractivity contribution is 5.77. The van der Waals surface area contributed by atoms with Crippen LogP contribution in [0.3, 0.4) is 0 Å². The quantitative estimate of drug-likeness (QED) is 0.742. The first-order chi connectivity index (χ1) is 7.77. The number of carbonyl (C=O) groups is 1. The van der Waals surface area contributed by atoms with Gasteiger partial charge in [-0.1, -0.05) is 31.2 Å². The Hall–Kier alpha value is -1.77. The Morgan fingerprint density at radius 3 is 2.94 bits per heavy atom. The van der Waals surface area contributed by atoms with E-state index in [0.29, 0.717) is 6.54 Å². The second kappa shape index (κ2) is 6.67. The number of hydrogen-bond donors (Lipinski definition) is 1. The topological polar surface area (TPSA) is 38.3 Å². The zero-order chi connectivity index (χ0) is 11.8. The number of para-hydroxylation sites is 1. The Morgan fingerprint density at radius 2 is 2.25 bits per heavy atom. The molecular weight excluding hydrogens is 202 g/mol. The van der Waals surface area contributed by atoms with Crippen LogP contribution in [0.25, 0.3) is 0 Å². The van der Waals surface area contributed by atoms with Crippen LogP contribution in [0.5, 0.6) is 5.75 Å². The smallest absolute Gasteiger partial charge is 0.258 e. The molecule has 16 heavy (non-hydrogen) atoms. The van der Waals surface area contributed by atoms with Crippen molar-refractivity contribution in [2.75, 3.05) is 13.2 Å². The summed E-state index contributed by atoms with van der Waals surface area (Å²) in [6.45, 7) is 6.09. The number of benzene rings is 1. The zero-order valence-electron chi connectivity index (χ0n) is 9.53. The van der Waals surface area contributed by atoms with Gasteiger partial charge in [-0.2, -0.15) is 0 Å². The molecule has 0 saturated carbocycles. The zero-order valence-corrected chi connectivity index (χ0v) is 9.53. The van der Waals surface area contributed by atoms with Crippen molar-refractivity contribution in [3.8, 4) is 5.75 Å². The molecule has 0 unspecified atom stereocenters. The summed E-state index contributed by atoms with van der Waals surface area (Å²) in [7, 11) is 0. The van der Waals surface area contributed by atoms with Crippen LogP contribution in [0.4, 0.5) is 0 Å². The van der Waals surface area contributed by atoms with E-state index in [9.17, 15) is 4.79 Å². The minimum atomic E-state index is -0.134. The molecule has 1 aromatic carbocycles. The van der Waals surface area contributed by atoms with Crippen molar-refractivity contribution >= 4 is 5.91 Å². The fourth-order valence-electron chi connectivity index (χ4n) is 1.32. The van der Waals surface area contributed by atoms with Crippen LogP contribution in [-0.4, -0.2) is 19.1 Å². The molecule has 0 spiro atoms. The number of rotatable bonds is 6. The van der Waals surface area contributed by atoms with Crippen molar-refractivity contribution in [2.45, 2.75) is 13.3 Å². The molecule has 0 bridgehead atoms. The lowest BCUT2D eigenvalue weighted by molar-refractivity contribution is -0.122. The van der Waals surface area contributed by atoms with Crippen molar-refractivity contribution in [3.05, 3.63) is 42.5 Å². The van der Waals surface area contributed by atoms with Crippen molar-refractivity contribution in [1.82, 2.24) is 5.32 Å². The molecule has 3 heteroatoms. The normalized spacial score (nSPS) is 9.56. The SMILES string of the molecule is C=CCNC(=O)COc1ccccc1CC. The first kappa shape index (κ1) is 12.3. The van der Waals surface area contributed by atoms with Gasteiger partial charge in [0.1, 0.15) is 5.75 Å². The van der Waals surface area contributed by atoms with Gasteiger partial charge in [0.25, 0.3) is 5.91 Å². The molecule has 1 aromatic rings. The van der Waals surface area contributed by atoms with Gasteiger partial charge in [0.2, 0.25) is 0 Å². The maximum Gasteiger partial charge on any atom is 0.258 e. The van der Waals surface area contributed by atoms with E-state index in [1.807, 2.05) is 24.3 Å². The first-order valence-corrected chi connectivity index (χ1v) is 5.36. The Bertz CT molecular complexity index is 361. The van der Waals surface area contributed by atoms with Crippen LogP contribution < -0.4 is 10.1 Å². The maximum absolute atomic E-state index is 11.3. The fraction of sp³-hybridized carbons (Fsp3) is 0.308. The van der Waals surface area contributed by atoms with E-state index < -0.39 is 0 Å². The van der Waals surface area contributed by atoms with Gasteiger partial charge in [0, 0.05) is 6.54 Å². The number of carbonyl (C=O) groups excluding carboxylic acids is 1. The second-order valence-corrected chi connectivity index (χ2v) is 3.34.